The molecule has 3 N–H and O–H groups in total. The Balaban J connectivity index is 1.64. The minimum Gasteiger partial charge on any atom is -0.355 e. The third-order valence-electron chi connectivity index (χ3n) is 6.03. The van der Waals surface area contributed by atoms with Crippen molar-refractivity contribution < 1.29 is 14.4 Å². The molecule has 0 aliphatic carbocycles. The summed E-state index contributed by atoms with van der Waals surface area (Å²) in [7, 11) is 0. The molecule has 0 saturated carbocycles. The zero-order chi connectivity index (χ0) is 22.9. The highest BCUT2D eigenvalue weighted by atomic mass is 16.2. The lowest BCUT2D eigenvalue weighted by molar-refractivity contribution is -0.133. The van der Waals surface area contributed by atoms with Crippen LogP contribution in [0.2, 0.25) is 0 Å². The van der Waals surface area contributed by atoms with E-state index in [-0.39, 0.29) is 47.5 Å². The van der Waals surface area contributed by atoms with Gasteiger partial charge in [-0.25, -0.2) is 9.97 Å². The number of aromatic amines is 1. The van der Waals surface area contributed by atoms with Gasteiger partial charge in [-0.3, -0.25) is 19.7 Å². The number of nitrogens with one attached hydrogen (secondary N) is 3. The number of amides is 3. The summed E-state index contributed by atoms with van der Waals surface area (Å²) in [5.74, 6) is -0.755. The number of aromatic nitrogens is 3. The highest BCUT2D eigenvalue weighted by molar-refractivity contribution is 6.03. The first-order valence-electron chi connectivity index (χ1n) is 10.6. The van der Waals surface area contributed by atoms with Crippen LogP contribution in [0.15, 0.2) is 18.3 Å². The van der Waals surface area contributed by atoms with Gasteiger partial charge in [0.2, 0.25) is 11.8 Å². The number of hydrogen-bond donors (Lipinski definition) is 3. The van der Waals surface area contributed by atoms with Gasteiger partial charge < -0.3 is 15.2 Å². The predicted octanol–water partition coefficient (Wildman–Crippen LogP) is 2.08. The number of carbonyl (C=O) groups is 3. The van der Waals surface area contributed by atoms with Crippen LogP contribution in [0.3, 0.4) is 0 Å². The molecule has 2 aromatic rings. The molecule has 32 heavy (non-hydrogen) atoms. The number of piperidine rings is 2. The number of pyridine rings is 1. The largest absolute Gasteiger partial charge is 0.355 e. The Labute approximate surface area is 185 Å². The SMILES string of the molecule is CC1(C)CCN(c2nc(C3CC(=O)NC(=O)C3)ccc2NC(=O)c2ncc(C#N)[nH]2)CC1. The maximum atomic E-state index is 12.7. The van der Waals surface area contributed by atoms with E-state index in [4.69, 9.17) is 10.2 Å². The Morgan fingerprint density at radius 3 is 2.53 bits per heavy atom. The summed E-state index contributed by atoms with van der Waals surface area (Å²) in [4.78, 5) is 49.9. The number of nitrogens with zero attached hydrogens (tertiary/aromatic N) is 4. The van der Waals surface area contributed by atoms with Crippen LogP contribution in [0.4, 0.5) is 11.5 Å². The molecule has 10 nitrogen and oxygen atoms in total. The van der Waals surface area contributed by atoms with Crippen molar-refractivity contribution in [2.75, 3.05) is 23.3 Å². The molecule has 0 unspecified atom stereocenters. The van der Waals surface area contributed by atoms with Gasteiger partial charge in [0, 0.05) is 37.5 Å². The highest BCUT2D eigenvalue weighted by Gasteiger charge is 2.31. The molecule has 2 aliphatic heterocycles. The molecule has 2 aromatic heterocycles. The van der Waals surface area contributed by atoms with Gasteiger partial charge in [-0.15, -0.1) is 0 Å². The number of anilines is 2. The van der Waals surface area contributed by atoms with Crippen LogP contribution in [-0.4, -0.2) is 45.8 Å². The lowest BCUT2D eigenvalue weighted by Crippen LogP contribution is -2.39. The lowest BCUT2D eigenvalue weighted by Gasteiger charge is -2.38. The van der Waals surface area contributed by atoms with E-state index in [2.05, 4.69) is 39.3 Å². The summed E-state index contributed by atoms with van der Waals surface area (Å²) in [6.45, 7) is 6.01. The zero-order valence-corrected chi connectivity index (χ0v) is 18.1. The summed E-state index contributed by atoms with van der Waals surface area (Å²) >= 11 is 0. The average Bonchev–Trinajstić information content (AvgIpc) is 3.23. The molecule has 3 amide bonds. The van der Waals surface area contributed by atoms with Gasteiger partial charge in [-0.05, 0) is 30.4 Å². The van der Waals surface area contributed by atoms with E-state index in [0.717, 1.165) is 25.9 Å². The first-order valence-corrected chi connectivity index (χ1v) is 10.6. The third kappa shape index (κ3) is 4.61. The molecule has 166 valence electrons. The van der Waals surface area contributed by atoms with Gasteiger partial charge in [0.25, 0.3) is 5.91 Å². The predicted molar refractivity (Wildman–Crippen MR) is 116 cm³/mol. The fraction of sp³-hybridized carbons (Fsp3) is 0.455. The molecule has 2 aliphatic rings. The van der Waals surface area contributed by atoms with E-state index >= 15 is 0 Å². The Morgan fingerprint density at radius 1 is 1.22 bits per heavy atom. The molecule has 4 rings (SSSR count). The van der Waals surface area contributed by atoms with Crippen LogP contribution >= 0.6 is 0 Å². The summed E-state index contributed by atoms with van der Waals surface area (Å²) in [5, 5.41) is 14.1. The number of nitriles is 1. The Morgan fingerprint density at radius 2 is 1.91 bits per heavy atom. The molecule has 0 bridgehead atoms. The number of imide groups is 1. The van der Waals surface area contributed by atoms with Gasteiger partial charge in [-0.1, -0.05) is 13.8 Å². The number of rotatable bonds is 4. The van der Waals surface area contributed by atoms with Gasteiger partial charge >= 0.3 is 0 Å². The van der Waals surface area contributed by atoms with Gasteiger partial charge in [0.15, 0.2) is 11.6 Å². The van der Waals surface area contributed by atoms with E-state index in [1.54, 1.807) is 12.1 Å². The van der Waals surface area contributed by atoms with Gasteiger partial charge in [0.05, 0.1) is 11.9 Å². The molecule has 0 aromatic carbocycles. The normalized spacial score (nSPS) is 18.7. The minimum atomic E-state index is -0.480. The van der Waals surface area contributed by atoms with E-state index < -0.39 is 5.91 Å². The third-order valence-corrected chi connectivity index (χ3v) is 6.03. The molecular formula is C22H25N7O3. The fourth-order valence-electron chi connectivity index (χ4n) is 4.01. The molecule has 2 fully saturated rings. The number of imidazole rings is 1. The van der Waals surface area contributed by atoms with Crippen molar-refractivity contribution in [3.05, 3.63) is 35.5 Å². The van der Waals surface area contributed by atoms with E-state index in [1.165, 1.54) is 6.20 Å². The lowest BCUT2D eigenvalue weighted by atomic mass is 9.82. The maximum Gasteiger partial charge on any atom is 0.291 e. The second-order valence-electron chi connectivity index (χ2n) is 9.05. The second-order valence-corrected chi connectivity index (χ2v) is 9.05. The van der Waals surface area contributed by atoms with Crippen LogP contribution < -0.4 is 15.5 Å². The monoisotopic (exact) mass is 435 g/mol. The number of hydrogen-bond acceptors (Lipinski definition) is 7. The molecule has 0 radical (unpaired) electrons. The Kier molecular flexibility index (Phi) is 5.65. The minimum absolute atomic E-state index is 0.0332. The topological polar surface area (TPSA) is 144 Å². The first kappa shape index (κ1) is 21.5. The summed E-state index contributed by atoms with van der Waals surface area (Å²) < 4.78 is 0. The van der Waals surface area contributed by atoms with Crippen molar-refractivity contribution >= 4 is 29.2 Å². The van der Waals surface area contributed by atoms with Crippen LogP contribution in [0.5, 0.6) is 0 Å². The van der Waals surface area contributed by atoms with Crippen molar-refractivity contribution in [3.8, 4) is 6.07 Å². The molecular weight excluding hydrogens is 410 g/mol. The van der Waals surface area contributed by atoms with E-state index in [1.807, 2.05) is 6.07 Å². The second kappa shape index (κ2) is 8.42. The van der Waals surface area contributed by atoms with E-state index in [0.29, 0.717) is 17.2 Å². The van der Waals surface area contributed by atoms with Crippen molar-refractivity contribution in [1.82, 2.24) is 20.3 Å². The zero-order valence-electron chi connectivity index (χ0n) is 18.1. The highest BCUT2D eigenvalue weighted by Crippen LogP contribution is 2.36. The molecule has 0 spiro atoms. The van der Waals surface area contributed by atoms with Crippen LogP contribution in [-0.2, 0) is 9.59 Å². The molecule has 2 saturated heterocycles. The fourth-order valence-corrected chi connectivity index (χ4v) is 4.01. The standard InChI is InChI=1S/C22H25N7O3/c1-22(2)5-7-29(8-6-22)20-16(27-21(32)19-24-12-14(11-23)25-19)4-3-15(26-20)13-9-17(30)28-18(31)10-13/h3-4,12-13H,5-10H2,1-2H3,(H,24,25)(H,27,32)(H,28,30,31). The van der Waals surface area contributed by atoms with E-state index in [9.17, 15) is 14.4 Å². The van der Waals surface area contributed by atoms with Crippen molar-refractivity contribution in [1.29, 1.82) is 5.26 Å². The smallest absolute Gasteiger partial charge is 0.291 e. The van der Waals surface area contributed by atoms with Crippen LogP contribution in [0.1, 0.15) is 67.5 Å². The maximum absolute atomic E-state index is 12.7. The van der Waals surface area contributed by atoms with Crippen LogP contribution in [0.25, 0.3) is 0 Å². The molecule has 4 heterocycles. The first-order chi connectivity index (χ1) is 15.2. The van der Waals surface area contributed by atoms with Crippen molar-refractivity contribution in [3.63, 3.8) is 0 Å². The number of H-pyrrole nitrogens is 1. The summed E-state index contributed by atoms with van der Waals surface area (Å²) in [6, 6.07) is 5.40. The quantitative estimate of drug-likeness (QED) is 0.624. The van der Waals surface area contributed by atoms with Crippen LogP contribution in [0, 0.1) is 16.7 Å². The summed E-state index contributed by atoms with van der Waals surface area (Å²) in [6.07, 6.45) is 3.64. The van der Waals surface area contributed by atoms with Gasteiger partial charge in [0.1, 0.15) is 11.8 Å². The van der Waals surface area contributed by atoms with Crippen molar-refractivity contribution in [2.45, 2.75) is 45.4 Å². The molecule has 0 atom stereocenters. The molecule has 10 heteroatoms. The van der Waals surface area contributed by atoms with Gasteiger partial charge in [-0.2, -0.15) is 5.26 Å². The van der Waals surface area contributed by atoms with Crippen molar-refractivity contribution in [2.24, 2.45) is 5.41 Å². The number of carbonyl (C=O) groups excluding carboxylic acids is 3. The Hall–Kier alpha value is -3.74. The average molecular weight is 435 g/mol. The summed E-state index contributed by atoms with van der Waals surface area (Å²) in [5.41, 5.74) is 1.59. The Bertz CT molecular complexity index is 1090.